The van der Waals surface area contributed by atoms with Crippen molar-refractivity contribution in [3.63, 3.8) is 0 Å². The topological polar surface area (TPSA) is 38.3 Å². The first-order valence-corrected chi connectivity index (χ1v) is 7.33. The van der Waals surface area contributed by atoms with Gasteiger partial charge >= 0.3 is 0 Å². The zero-order valence-corrected chi connectivity index (χ0v) is 12.3. The van der Waals surface area contributed by atoms with E-state index in [0.717, 1.165) is 23.3 Å². The first-order chi connectivity index (χ1) is 10.2. The van der Waals surface area contributed by atoms with Gasteiger partial charge in [0.2, 0.25) is 5.91 Å². The van der Waals surface area contributed by atoms with Gasteiger partial charge in [-0.2, -0.15) is 0 Å². The summed E-state index contributed by atoms with van der Waals surface area (Å²) in [5, 5.41) is 3.64. The van der Waals surface area contributed by atoms with Gasteiger partial charge in [0, 0.05) is 5.02 Å². The smallest absolute Gasteiger partial charge is 0.224 e. The molecule has 0 saturated heterocycles. The second kappa shape index (κ2) is 6.19. The van der Waals surface area contributed by atoms with E-state index in [2.05, 4.69) is 5.32 Å². The lowest BCUT2D eigenvalue weighted by Gasteiger charge is -2.26. The summed E-state index contributed by atoms with van der Waals surface area (Å²) in [6, 6.07) is 15.3. The van der Waals surface area contributed by atoms with Crippen molar-refractivity contribution < 1.29 is 9.53 Å². The number of carbonyl (C=O) groups excluding carboxylic acids is 1. The Bertz CT molecular complexity index is 657. The molecular formula is C17H16ClNO2. The number of amides is 1. The minimum atomic E-state index is -0.0314. The van der Waals surface area contributed by atoms with E-state index in [1.54, 1.807) is 6.07 Å². The van der Waals surface area contributed by atoms with E-state index in [1.165, 1.54) is 0 Å². The Labute approximate surface area is 128 Å². The van der Waals surface area contributed by atoms with E-state index in [4.69, 9.17) is 16.3 Å². The van der Waals surface area contributed by atoms with Crippen LogP contribution in [-0.4, -0.2) is 18.6 Å². The molecule has 1 aliphatic heterocycles. The average molecular weight is 302 g/mol. The first kappa shape index (κ1) is 14.0. The Kier molecular flexibility index (Phi) is 4.11. The van der Waals surface area contributed by atoms with Gasteiger partial charge in [-0.05, 0) is 29.7 Å². The molecule has 4 heteroatoms. The second-order valence-electron chi connectivity index (χ2n) is 5.16. The lowest BCUT2D eigenvalue weighted by molar-refractivity contribution is -0.121. The maximum absolute atomic E-state index is 12.1. The Morgan fingerprint density at radius 2 is 1.95 bits per heavy atom. The Balaban J connectivity index is 1.60. The van der Waals surface area contributed by atoms with Crippen LogP contribution in [-0.2, 0) is 17.6 Å². The van der Waals surface area contributed by atoms with Crippen molar-refractivity contribution in [1.82, 2.24) is 5.32 Å². The van der Waals surface area contributed by atoms with Crippen molar-refractivity contribution >= 4 is 17.5 Å². The highest BCUT2D eigenvalue weighted by molar-refractivity contribution is 6.31. The molecule has 1 amide bonds. The molecule has 0 aliphatic carbocycles. The van der Waals surface area contributed by atoms with Gasteiger partial charge in [0.1, 0.15) is 12.4 Å². The minimum Gasteiger partial charge on any atom is -0.491 e. The van der Waals surface area contributed by atoms with Gasteiger partial charge in [0.05, 0.1) is 12.5 Å². The lowest BCUT2D eigenvalue weighted by atomic mass is 10.0. The lowest BCUT2D eigenvalue weighted by Crippen LogP contribution is -2.43. The van der Waals surface area contributed by atoms with Gasteiger partial charge < -0.3 is 10.1 Å². The number of carbonyl (C=O) groups is 1. The molecule has 2 aromatic carbocycles. The minimum absolute atomic E-state index is 0.00916. The highest BCUT2D eigenvalue weighted by Crippen LogP contribution is 2.24. The molecule has 0 saturated carbocycles. The van der Waals surface area contributed by atoms with Crippen molar-refractivity contribution in [2.75, 3.05) is 6.61 Å². The normalized spacial score (nSPS) is 16.7. The van der Waals surface area contributed by atoms with Crippen LogP contribution in [0.15, 0.2) is 48.5 Å². The summed E-state index contributed by atoms with van der Waals surface area (Å²) in [5.41, 5.74) is 1.97. The molecule has 1 heterocycles. The number of halogens is 1. The molecule has 21 heavy (non-hydrogen) atoms. The molecule has 1 N–H and O–H groups in total. The van der Waals surface area contributed by atoms with Crippen LogP contribution in [0.4, 0.5) is 0 Å². The summed E-state index contributed by atoms with van der Waals surface area (Å²) in [4.78, 5) is 12.1. The fraction of sp³-hybridized carbons (Fsp3) is 0.235. The molecule has 3 nitrogen and oxygen atoms in total. The van der Waals surface area contributed by atoms with E-state index in [-0.39, 0.29) is 18.4 Å². The zero-order chi connectivity index (χ0) is 14.7. The molecule has 0 spiro atoms. The maximum Gasteiger partial charge on any atom is 0.224 e. The van der Waals surface area contributed by atoms with Crippen LogP contribution in [0.25, 0.3) is 0 Å². The van der Waals surface area contributed by atoms with Crippen LogP contribution in [0.2, 0.25) is 5.02 Å². The van der Waals surface area contributed by atoms with Gasteiger partial charge in [0.25, 0.3) is 0 Å². The summed E-state index contributed by atoms with van der Waals surface area (Å²) in [6.45, 7) is 0.505. The van der Waals surface area contributed by atoms with E-state index < -0.39 is 0 Å². The van der Waals surface area contributed by atoms with Gasteiger partial charge in [-0.1, -0.05) is 48.0 Å². The van der Waals surface area contributed by atoms with Crippen molar-refractivity contribution in [2.45, 2.75) is 18.9 Å². The predicted molar refractivity (Wildman–Crippen MR) is 82.7 cm³/mol. The number of benzene rings is 2. The van der Waals surface area contributed by atoms with Crippen LogP contribution in [0.5, 0.6) is 5.75 Å². The molecule has 2 aromatic rings. The number of fused-ring (bicyclic) bond motifs is 1. The van der Waals surface area contributed by atoms with Gasteiger partial charge in [-0.15, -0.1) is 0 Å². The summed E-state index contributed by atoms with van der Waals surface area (Å²) in [5.74, 6) is 0.880. The standard InChI is InChI=1S/C17H16ClNO2/c18-15-7-3-1-5-12(15)10-17(20)19-14-9-13-6-2-4-8-16(13)21-11-14/h1-8,14H,9-11H2,(H,19,20). The van der Waals surface area contributed by atoms with Crippen molar-refractivity contribution in [3.8, 4) is 5.75 Å². The Hall–Kier alpha value is -2.00. The third-order valence-electron chi connectivity index (χ3n) is 3.55. The highest BCUT2D eigenvalue weighted by atomic mass is 35.5. The fourth-order valence-corrected chi connectivity index (χ4v) is 2.72. The van der Waals surface area contributed by atoms with Crippen LogP contribution < -0.4 is 10.1 Å². The van der Waals surface area contributed by atoms with Crippen LogP contribution in [0.1, 0.15) is 11.1 Å². The van der Waals surface area contributed by atoms with Gasteiger partial charge in [0.15, 0.2) is 0 Å². The maximum atomic E-state index is 12.1. The molecule has 3 rings (SSSR count). The number of ether oxygens (including phenoxy) is 1. The SMILES string of the molecule is O=C(Cc1ccccc1Cl)NC1COc2ccccc2C1. The summed E-state index contributed by atoms with van der Waals surface area (Å²) in [6.07, 6.45) is 1.09. The molecule has 0 radical (unpaired) electrons. The van der Waals surface area contributed by atoms with E-state index in [9.17, 15) is 4.79 Å². The number of hydrogen-bond donors (Lipinski definition) is 1. The summed E-state index contributed by atoms with van der Waals surface area (Å²) in [7, 11) is 0. The molecule has 1 aliphatic rings. The zero-order valence-electron chi connectivity index (χ0n) is 11.5. The average Bonchev–Trinajstić information content (AvgIpc) is 2.49. The van der Waals surface area contributed by atoms with E-state index >= 15 is 0 Å². The van der Waals surface area contributed by atoms with Gasteiger partial charge in [-0.25, -0.2) is 0 Å². The van der Waals surface area contributed by atoms with E-state index in [1.807, 2.05) is 42.5 Å². The third-order valence-corrected chi connectivity index (χ3v) is 3.92. The molecular weight excluding hydrogens is 286 g/mol. The Morgan fingerprint density at radius 1 is 1.19 bits per heavy atom. The van der Waals surface area contributed by atoms with E-state index in [0.29, 0.717) is 11.6 Å². The van der Waals surface area contributed by atoms with Gasteiger partial charge in [-0.3, -0.25) is 4.79 Å². The quantitative estimate of drug-likeness (QED) is 0.946. The highest BCUT2D eigenvalue weighted by Gasteiger charge is 2.21. The molecule has 0 fully saturated rings. The summed E-state index contributed by atoms with van der Waals surface area (Å²) < 4.78 is 5.67. The first-order valence-electron chi connectivity index (χ1n) is 6.96. The molecule has 0 aromatic heterocycles. The number of hydrogen-bond acceptors (Lipinski definition) is 2. The Morgan fingerprint density at radius 3 is 2.81 bits per heavy atom. The summed E-state index contributed by atoms with van der Waals surface area (Å²) >= 11 is 6.07. The van der Waals surface area contributed by atoms with Crippen molar-refractivity contribution in [1.29, 1.82) is 0 Å². The third kappa shape index (κ3) is 3.37. The molecule has 1 unspecified atom stereocenters. The van der Waals surface area contributed by atoms with Crippen LogP contribution in [0, 0.1) is 0 Å². The number of nitrogens with one attached hydrogen (secondary N) is 1. The largest absolute Gasteiger partial charge is 0.491 e. The van der Waals surface area contributed by atoms with Crippen LogP contribution in [0.3, 0.4) is 0 Å². The molecule has 0 bridgehead atoms. The number of para-hydroxylation sites is 1. The fourth-order valence-electron chi connectivity index (χ4n) is 2.51. The molecule has 108 valence electrons. The van der Waals surface area contributed by atoms with Crippen molar-refractivity contribution in [3.05, 3.63) is 64.7 Å². The monoisotopic (exact) mass is 301 g/mol. The van der Waals surface area contributed by atoms with Crippen LogP contribution >= 0.6 is 11.6 Å². The molecule has 1 atom stereocenters. The van der Waals surface area contributed by atoms with Crippen molar-refractivity contribution in [2.24, 2.45) is 0 Å². The second-order valence-corrected chi connectivity index (χ2v) is 5.56. The predicted octanol–water partition coefficient (Wildman–Crippen LogP) is 3.00. The number of rotatable bonds is 3.